The maximum absolute atomic E-state index is 5.21. The Kier molecular flexibility index (Phi) is 3.90. The van der Waals surface area contributed by atoms with Crippen molar-refractivity contribution in [3.05, 3.63) is 42.9 Å². The minimum Gasteiger partial charge on any atom is -0.497 e. The third-order valence-electron chi connectivity index (χ3n) is 1.96. The fourth-order valence-electron chi connectivity index (χ4n) is 1.34. The van der Waals surface area contributed by atoms with Gasteiger partial charge in [0.15, 0.2) is 0 Å². The van der Waals surface area contributed by atoms with Gasteiger partial charge in [-0.15, -0.1) is 6.07 Å². The number of ether oxygens (including phenoxy) is 1. The van der Waals surface area contributed by atoms with Crippen molar-refractivity contribution in [2.45, 2.75) is 0 Å². The van der Waals surface area contributed by atoms with Crippen molar-refractivity contribution in [1.29, 1.82) is 0 Å². The van der Waals surface area contributed by atoms with Crippen molar-refractivity contribution in [3.63, 3.8) is 0 Å². The Morgan fingerprint density at radius 3 is 2.86 bits per heavy atom. The van der Waals surface area contributed by atoms with Crippen molar-refractivity contribution < 1.29 is 37.4 Å². The number of aromatic nitrogens is 1. The second-order valence-corrected chi connectivity index (χ2v) is 2.87. The maximum Gasteiger partial charge on any atom is 0.116 e. The van der Waals surface area contributed by atoms with Crippen LogP contribution in [0, 0.1) is 6.92 Å². The number of nitrogens with zero attached hydrogens (tertiary/aromatic N) is 1. The van der Waals surface area contributed by atoms with E-state index in [1.54, 1.807) is 13.3 Å². The summed E-state index contributed by atoms with van der Waals surface area (Å²) in [5.74, 6) is 0.843. The average Bonchev–Trinajstić information content (AvgIpc) is 2.17. The zero-order valence-corrected chi connectivity index (χ0v) is 10.9. The summed E-state index contributed by atoms with van der Waals surface area (Å²) in [7, 11) is 1.66. The summed E-state index contributed by atoms with van der Waals surface area (Å²) < 4.78 is 5.21. The third-order valence-corrected chi connectivity index (χ3v) is 1.96. The largest absolute Gasteiger partial charge is 0.497 e. The van der Waals surface area contributed by atoms with Gasteiger partial charge >= 0.3 is 0 Å². The number of methoxy groups -OCH3 is 1. The monoisotopic (exact) mass is 261 g/mol. The summed E-state index contributed by atoms with van der Waals surface area (Å²) in [5, 5.41) is 1.01. The van der Waals surface area contributed by atoms with Crippen LogP contribution in [0.3, 0.4) is 0 Å². The van der Waals surface area contributed by atoms with E-state index in [-0.39, 0.29) is 32.7 Å². The SMILES string of the molecule is [CH2-]c1cnc2cccc(OC)c2c1.[Y]. The summed E-state index contributed by atoms with van der Waals surface area (Å²) >= 11 is 0. The minimum absolute atomic E-state index is 0. The van der Waals surface area contributed by atoms with E-state index in [9.17, 15) is 0 Å². The molecular weight excluding hydrogens is 251 g/mol. The van der Waals surface area contributed by atoms with E-state index in [4.69, 9.17) is 4.74 Å². The molecule has 1 aromatic heterocycles. The summed E-state index contributed by atoms with van der Waals surface area (Å²) in [6.07, 6.45) is 1.75. The molecule has 0 aliphatic rings. The van der Waals surface area contributed by atoms with E-state index in [1.807, 2.05) is 24.3 Å². The first-order valence-electron chi connectivity index (χ1n) is 4.06. The van der Waals surface area contributed by atoms with Crippen LogP contribution < -0.4 is 4.74 Å². The molecule has 0 N–H and O–H groups in total. The van der Waals surface area contributed by atoms with E-state index in [0.29, 0.717) is 0 Å². The van der Waals surface area contributed by atoms with Gasteiger partial charge in [-0.1, -0.05) is 12.3 Å². The summed E-state index contributed by atoms with van der Waals surface area (Å²) in [5.41, 5.74) is 1.84. The molecule has 2 aromatic rings. The summed E-state index contributed by atoms with van der Waals surface area (Å²) in [6.45, 7) is 3.83. The third kappa shape index (κ3) is 2.07. The van der Waals surface area contributed by atoms with Gasteiger partial charge in [0.05, 0.1) is 7.11 Å². The second-order valence-electron chi connectivity index (χ2n) is 2.87. The number of hydrogen-bond donors (Lipinski definition) is 0. The van der Waals surface area contributed by atoms with Crippen LogP contribution in [0.2, 0.25) is 0 Å². The normalized spacial score (nSPS) is 9.50. The van der Waals surface area contributed by atoms with E-state index in [2.05, 4.69) is 11.9 Å². The molecule has 1 radical (unpaired) electrons. The fourth-order valence-corrected chi connectivity index (χ4v) is 1.34. The molecule has 0 atom stereocenters. The molecule has 0 spiro atoms. The Hall–Kier alpha value is -0.596. The van der Waals surface area contributed by atoms with Gasteiger partial charge in [-0.25, -0.2) is 0 Å². The van der Waals surface area contributed by atoms with Crippen LogP contribution in [0.5, 0.6) is 5.75 Å². The van der Waals surface area contributed by atoms with Crippen molar-refractivity contribution in [2.24, 2.45) is 0 Å². The zero-order valence-electron chi connectivity index (χ0n) is 8.03. The molecule has 1 heterocycles. The molecule has 0 aliphatic carbocycles. The van der Waals surface area contributed by atoms with Crippen molar-refractivity contribution in [1.82, 2.24) is 4.98 Å². The molecule has 0 amide bonds. The van der Waals surface area contributed by atoms with E-state index >= 15 is 0 Å². The van der Waals surface area contributed by atoms with E-state index in [1.165, 1.54) is 0 Å². The van der Waals surface area contributed by atoms with Crippen molar-refractivity contribution >= 4 is 10.9 Å². The van der Waals surface area contributed by atoms with E-state index in [0.717, 1.165) is 22.2 Å². The topological polar surface area (TPSA) is 22.1 Å². The van der Waals surface area contributed by atoms with Crippen LogP contribution in [-0.2, 0) is 32.7 Å². The Morgan fingerprint density at radius 2 is 2.14 bits per heavy atom. The molecule has 0 aliphatic heterocycles. The van der Waals surface area contributed by atoms with Crippen LogP contribution in [0.1, 0.15) is 5.56 Å². The molecule has 0 bridgehead atoms. The Balaban J connectivity index is 0.000000980. The van der Waals surface area contributed by atoms with Crippen molar-refractivity contribution in [3.8, 4) is 5.75 Å². The van der Waals surface area contributed by atoms with Gasteiger partial charge < -0.3 is 9.72 Å². The Morgan fingerprint density at radius 1 is 1.36 bits per heavy atom. The summed E-state index contributed by atoms with van der Waals surface area (Å²) in [4.78, 5) is 4.25. The van der Waals surface area contributed by atoms with Gasteiger partial charge in [-0.2, -0.15) is 12.5 Å². The Labute approximate surface area is 109 Å². The number of hydrogen-bond acceptors (Lipinski definition) is 2. The van der Waals surface area contributed by atoms with Crippen LogP contribution >= 0.6 is 0 Å². The molecule has 2 nitrogen and oxygen atoms in total. The zero-order chi connectivity index (χ0) is 9.26. The molecule has 69 valence electrons. The smallest absolute Gasteiger partial charge is 0.116 e. The van der Waals surface area contributed by atoms with Crippen LogP contribution in [-0.4, -0.2) is 12.1 Å². The number of rotatable bonds is 1. The van der Waals surface area contributed by atoms with Gasteiger partial charge in [-0.3, -0.25) is 0 Å². The molecule has 0 saturated heterocycles. The molecule has 0 saturated carbocycles. The van der Waals surface area contributed by atoms with Gasteiger partial charge in [0.2, 0.25) is 0 Å². The minimum atomic E-state index is 0. The molecule has 1 aromatic carbocycles. The van der Waals surface area contributed by atoms with Crippen molar-refractivity contribution in [2.75, 3.05) is 7.11 Å². The first-order valence-corrected chi connectivity index (χ1v) is 4.06. The first kappa shape index (κ1) is 11.5. The van der Waals surface area contributed by atoms with E-state index < -0.39 is 0 Å². The van der Waals surface area contributed by atoms with Crippen LogP contribution in [0.25, 0.3) is 10.9 Å². The molecular formula is C11H10NOY-. The first-order chi connectivity index (χ1) is 6.31. The van der Waals surface area contributed by atoms with Crippen LogP contribution in [0.4, 0.5) is 0 Å². The average molecular weight is 261 g/mol. The molecule has 2 rings (SSSR count). The van der Waals surface area contributed by atoms with Gasteiger partial charge in [-0.05, 0) is 17.5 Å². The second kappa shape index (κ2) is 4.76. The number of fused-ring (bicyclic) bond motifs is 1. The van der Waals surface area contributed by atoms with Gasteiger partial charge in [0, 0.05) is 38.2 Å². The fraction of sp³-hybridized carbons (Fsp3) is 0.0909. The van der Waals surface area contributed by atoms with Crippen LogP contribution in [0.15, 0.2) is 30.5 Å². The molecule has 0 fully saturated rings. The maximum atomic E-state index is 5.21. The number of benzene rings is 1. The molecule has 14 heavy (non-hydrogen) atoms. The summed E-state index contributed by atoms with van der Waals surface area (Å²) in [6, 6.07) is 7.78. The molecule has 3 heteroatoms. The quantitative estimate of drug-likeness (QED) is 0.735. The standard InChI is InChI=1S/C11H10NO.Y/c1-8-6-9-10(12-7-8)4-3-5-11(9)13-2;/h3-7H,1H2,2H3;/q-1;. The number of pyridine rings is 1. The molecule has 0 unspecified atom stereocenters. The van der Waals surface area contributed by atoms with Gasteiger partial charge in [0.25, 0.3) is 0 Å². The predicted molar refractivity (Wildman–Crippen MR) is 52.8 cm³/mol. The van der Waals surface area contributed by atoms with Gasteiger partial charge in [0.1, 0.15) is 5.75 Å². The predicted octanol–water partition coefficient (Wildman–Crippen LogP) is 2.42. The Bertz CT molecular complexity index is 442.